The van der Waals surface area contributed by atoms with Gasteiger partial charge in [-0.25, -0.2) is 0 Å². The standard InChI is InChI=1S/C16H19ClN4O3/c17-13-5-3-12(4-6-13)8-20-7-1-2-14(9-20)18-15(22)10-21-11-16(23)24-19-21/h3-6,11,14H,1-2,7-10H2,(H-,18,19,22,23). The molecule has 0 aliphatic carbocycles. The van der Waals surface area contributed by atoms with Crippen LogP contribution in [0.1, 0.15) is 18.4 Å². The highest BCUT2D eigenvalue weighted by atomic mass is 35.5. The average Bonchev–Trinajstić information content (AvgIpc) is 2.95. The van der Waals surface area contributed by atoms with E-state index in [1.54, 1.807) is 0 Å². The van der Waals surface area contributed by atoms with E-state index in [1.807, 2.05) is 24.3 Å². The lowest BCUT2D eigenvalue weighted by molar-refractivity contribution is -0.751. The molecular formula is C16H19ClN4O3. The maximum Gasteiger partial charge on any atom is 0.288 e. The van der Waals surface area contributed by atoms with Crippen LogP contribution < -0.4 is 15.1 Å². The third kappa shape index (κ3) is 4.69. The quantitative estimate of drug-likeness (QED) is 0.792. The largest absolute Gasteiger partial charge is 0.539 e. The average molecular weight is 351 g/mol. The van der Waals surface area contributed by atoms with Gasteiger partial charge in [-0.15, -0.1) is 0 Å². The summed E-state index contributed by atoms with van der Waals surface area (Å²) in [6.07, 6.45) is 3.13. The molecular weight excluding hydrogens is 332 g/mol. The number of piperidine rings is 1. The van der Waals surface area contributed by atoms with Crippen molar-refractivity contribution in [2.75, 3.05) is 13.1 Å². The minimum Gasteiger partial charge on any atom is -0.539 e. The van der Waals surface area contributed by atoms with E-state index in [4.69, 9.17) is 11.6 Å². The van der Waals surface area contributed by atoms with Gasteiger partial charge in [0.25, 0.3) is 12.5 Å². The second kappa shape index (κ2) is 7.63. The molecule has 24 heavy (non-hydrogen) atoms. The smallest absolute Gasteiger partial charge is 0.288 e. The minimum absolute atomic E-state index is 0.0145. The lowest BCUT2D eigenvalue weighted by Crippen LogP contribution is -2.51. The predicted molar refractivity (Wildman–Crippen MR) is 84.0 cm³/mol. The normalized spacial score (nSPS) is 18.5. The number of nitrogens with zero attached hydrogens (tertiary/aromatic N) is 3. The van der Waals surface area contributed by atoms with Gasteiger partial charge in [0.1, 0.15) is 5.95 Å². The number of halogens is 1. The van der Waals surface area contributed by atoms with E-state index in [0.717, 1.165) is 43.7 Å². The maximum absolute atomic E-state index is 12.0. The van der Waals surface area contributed by atoms with Crippen LogP contribution in [-0.4, -0.2) is 35.2 Å². The maximum atomic E-state index is 12.0. The van der Waals surface area contributed by atoms with Crippen LogP contribution >= 0.6 is 11.6 Å². The first-order valence-corrected chi connectivity index (χ1v) is 8.26. The van der Waals surface area contributed by atoms with Crippen LogP contribution in [0.3, 0.4) is 0 Å². The van der Waals surface area contributed by atoms with Crippen molar-refractivity contribution in [1.82, 2.24) is 15.5 Å². The molecule has 1 aromatic heterocycles. The van der Waals surface area contributed by atoms with E-state index < -0.39 is 5.95 Å². The van der Waals surface area contributed by atoms with Crippen molar-refractivity contribution in [3.05, 3.63) is 41.0 Å². The van der Waals surface area contributed by atoms with Crippen LogP contribution in [0.2, 0.25) is 5.02 Å². The molecule has 1 fully saturated rings. The zero-order valence-corrected chi connectivity index (χ0v) is 13.9. The number of benzene rings is 1. The fourth-order valence-electron chi connectivity index (χ4n) is 2.92. The highest BCUT2D eigenvalue weighted by molar-refractivity contribution is 6.30. The van der Waals surface area contributed by atoms with Crippen molar-refractivity contribution in [3.8, 4) is 5.95 Å². The molecule has 3 rings (SSSR count). The molecule has 8 heteroatoms. The number of rotatable bonds is 5. The Bertz CT molecular complexity index is 689. The highest BCUT2D eigenvalue weighted by Gasteiger charge is 2.23. The summed E-state index contributed by atoms with van der Waals surface area (Å²) >= 11 is 5.91. The van der Waals surface area contributed by atoms with Gasteiger partial charge >= 0.3 is 0 Å². The third-order valence-electron chi connectivity index (χ3n) is 3.99. The van der Waals surface area contributed by atoms with Crippen LogP contribution in [0.4, 0.5) is 0 Å². The van der Waals surface area contributed by atoms with Gasteiger partial charge in [0.15, 0.2) is 0 Å². The zero-order valence-electron chi connectivity index (χ0n) is 13.2. The molecule has 1 unspecified atom stereocenters. The molecule has 1 aliphatic heterocycles. The Morgan fingerprint density at radius 1 is 1.46 bits per heavy atom. The molecule has 0 saturated carbocycles. The van der Waals surface area contributed by atoms with E-state index in [0.29, 0.717) is 0 Å². The Morgan fingerprint density at radius 2 is 2.25 bits per heavy atom. The number of likely N-dealkylation sites (tertiary alicyclic amines) is 1. The van der Waals surface area contributed by atoms with E-state index >= 15 is 0 Å². The van der Waals surface area contributed by atoms with Gasteiger partial charge in [-0.2, -0.15) is 0 Å². The van der Waals surface area contributed by atoms with Crippen molar-refractivity contribution in [1.29, 1.82) is 0 Å². The molecule has 1 aromatic carbocycles. The molecule has 1 atom stereocenters. The van der Waals surface area contributed by atoms with Gasteiger partial charge in [-0.1, -0.05) is 28.4 Å². The molecule has 2 aromatic rings. The molecule has 1 aliphatic rings. The second-order valence-corrected chi connectivity index (χ2v) is 6.42. The van der Waals surface area contributed by atoms with Gasteiger partial charge in [0, 0.05) is 24.2 Å². The summed E-state index contributed by atoms with van der Waals surface area (Å²) in [5.41, 5.74) is 1.20. The Kier molecular flexibility index (Phi) is 5.32. The molecule has 1 saturated heterocycles. The number of aromatic nitrogens is 2. The fourth-order valence-corrected chi connectivity index (χ4v) is 3.05. The van der Waals surface area contributed by atoms with Gasteiger partial charge in [-0.3, -0.25) is 9.69 Å². The molecule has 1 amide bonds. The molecule has 0 bridgehead atoms. The monoisotopic (exact) mass is 350 g/mol. The summed E-state index contributed by atoms with van der Waals surface area (Å²) < 4.78 is 5.61. The van der Waals surface area contributed by atoms with Crippen LogP contribution in [0.5, 0.6) is 5.95 Å². The zero-order chi connectivity index (χ0) is 16.9. The summed E-state index contributed by atoms with van der Waals surface area (Å²) in [5, 5.41) is 18.1. The fraction of sp³-hybridized carbons (Fsp3) is 0.438. The highest BCUT2D eigenvalue weighted by Crippen LogP contribution is 2.15. The Morgan fingerprint density at radius 3 is 2.96 bits per heavy atom. The van der Waals surface area contributed by atoms with Crippen molar-refractivity contribution in [2.45, 2.75) is 32.0 Å². The van der Waals surface area contributed by atoms with Crippen LogP contribution in [0, 0.1) is 0 Å². The molecule has 1 N–H and O–H groups in total. The van der Waals surface area contributed by atoms with E-state index in [1.165, 1.54) is 10.2 Å². The summed E-state index contributed by atoms with van der Waals surface area (Å²) in [6.45, 7) is 2.62. The summed E-state index contributed by atoms with van der Waals surface area (Å²) in [7, 11) is 0. The van der Waals surface area contributed by atoms with Crippen LogP contribution in [-0.2, 0) is 17.9 Å². The molecule has 0 radical (unpaired) electrons. The number of carbonyl (C=O) groups is 1. The molecule has 0 spiro atoms. The Hall–Kier alpha value is -2.12. The summed E-state index contributed by atoms with van der Waals surface area (Å²) in [4.78, 5) is 14.4. The van der Waals surface area contributed by atoms with E-state index in [-0.39, 0.29) is 18.5 Å². The number of nitrogens with one attached hydrogen (secondary N) is 1. The summed E-state index contributed by atoms with van der Waals surface area (Å²) in [5.74, 6) is -0.735. The molecule has 2 heterocycles. The number of carbonyl (C=O) groups excluding carboxylic acids is 1. The second-order valence-electron chi connectivity index (χ2n) is 5.99. The number of hydrogen-bond donors (Lipinski definition) is 1. The van der Waals surface area contributed by atoms with E-state index in [2.05, 4.69) is 20.0 Å². The van der Waals surface area contributed by atoms with Crippen molar-refractivity contribution in [3.63, 3.8) is 0 Å². The topological polar surface area (TPSA) is 85.3 Å². The Labute approximate surface area is 144 Å². The van der Waals surface area contributed by atoms with Gasteiger partial charge in [0.05, 0.1) is 5.27 Å². The van der Waals surface area contributed by atoms with Crippen molar-refractivity contribution >= 4 is 17.5 Å². The van der Waals surface area contributed by atoms with Crippen LogP contribution in [0.25, 0.3) is 0 Å². The lowest BCUT2D eigenvalue weighted by atomic mass is 10.0. The number of hydrogen-bond acceptors (Lipinski definition) is 5. The third-order valence-corrected chi connectivity index (χ3v) is 4.24. The SMILES string of the molecule is O=C(C[n+]1cc([O-])on1)NC1CCCN(Cc2ccc(Cl)cc2)C1. The molecule has 128 valence electrons. The minimum atomic E-state index is -0.561. The first-order valence-electron chi connectivity index (χ1n) is 7.88. The lowest BCUT2D eigenvalue weighted by Gasteiger charge is -2.32. The van der Waals surface area contributed by atoms with Gasteiger partial charge < -0.3 is 14.9 Å². The van der Waals surface area contributed by atoms with Gasteiger partial charge in [0.2, 0.25) is 6.20 Å². The first-order chi connectivity index (χ1) is 11.6. The van der Waals surface area contributed by atoms with Crippen LogP contribution in [0.15, 0.2) is 35.0 Å². The number of amides is 1. The summed E-state index contributed by atoms with van der Waals surface area (Å²) in [6, 6.07) is 7.91. The van der Waals surface area contributed by atoms with Gasteiger partial charge in [-0.05, 0) is 37.1 Å². The first kappa shape index (κ1) is 16.7. The predicted octanol–water partition coefficient (Wildman–Crippen LogP) is 0.470. The van der Waals surface area contributed by atoms with Crippen molar-refractivity contribution in [2.24, 2.45) is 0 Å². The van der Waals surface area contributed by atoms with Crippen molar-refractivity contribution < 1.29 is 19.1 Å². The van der Waals surface area contributed by atoms with E-state index in [9.17, 15) is 9.90 Å². The Balaban J connectivity index is 1.49. The molecule has 7 nitrogen and oxygen atoms in total.